The van der Waals surface area contributed by atoms with Crippen LogP contribution in [0.5, 0.6) is 0 Å². The first kappa shape index (κ1) is 24.2. The smallest absolute Gasteiger partial charge is 0.330 e. The quantitative estimate of drug-likeness (QED) is 0.324. The number of rotatable bonds is 10. The number of amides is 3. The number of H-pyrrole nitrogens is 1. The number of ether oxygens (including phenoxy) is 1. The summed E-state index contributed by atoms with van der Waals surface area (Å²) in [5.41, 5.74) is 0.136. The molecule has 13 heteroatoms. The zero-order valence-corrected chi connectivity index (χ0v) is 19.8. The van der Waals surface area contributed by atoms with Gasteiger partial charge in [-0.3, -0.25) is 24.0 Å². The molecule has 1 aliphatic heterocycles. The predicted octanol–water partition coefficient (Wildman–Crippen LogP) is 0.962. The Morgan fingerprint density at radius 2 is 2.03 bits per heavy atom. The molecular weight excluding hydrogens is 474 g/mol. The number of carbonyl (C=O) groups excluding carboxylic acids is 2. The van der Waals surface area contributed by atoms with Crippen LogP contribution in [-0.2, 0) is 29.0 Å². The summed E-state index contributed by atoms with van der Waals surface area (Å²) in [5, 5.41) is 10.6. The highest BCUT2D eigenvalue weighted by molar-refractivity contribution is 7.14. The molecule has 35 heavy (non-hydrogen) atoms. The first-order valence-corrected chi connectivity index (χ1v) is 11.8. The molecule has 4 N–H and O–H groups in total. The number of thiazole rings is 1. The average molecular weight is 500 g/mol. The molecule has 1 saturated heterocycles. The van der Waals surface area contributed by atoms with Gasteiger partial charge in [0.25, 0.3) is 5.56 Å². The van der Waals surface area contributed by atoms with E-state index in [1.54, 1.807) is 5.38 Å². The second kappa shape index (κ2) is 11.0. The van der Waals surface area contributed by atoms with E-state index in [-0.39, 0.29) is 37.1 Å². The van der Waals surface area contributed by atoms with Crippen molar-refractivity contribution in [3.05, 3.63) is 67.8 Å². The van der Waals surface area contributed by atoms with Crippen molar-refractivity contribution in [2.45, 2.75) is 19.5 Å². The summed E-state index contributed by atoms with van der Waals surface area (Å²) in [5.74, 6) is -0.419. The van der Waals surface area contributed by atoms with Crippen molar-refractivity contribution in [1.29, 1.82) is 0 Å². The molecule has 3 heterocycles. The number of hydrogen-bond acceptors (Lipinski definition) is 8. The number of aromatic amines is 1. The Kier molecular flexibility index (Phi) is 7.57. The molecule has 0 atom stereocenters. The summed E-state index contributed by atoms with van der Waals surface area (Å²) in [4.78, 5) is 58.2. The molecular formula is C22H25N7O5S. The first-order valence-electron chi connectivity index (χ1n) is 10.9. The molecule has 12 nitrogen and oxygen atoms in total. The van der Waals surface area contributed by atoms with E-state index in [1.165, 1.54) is 27.9 Å². The summed E-state index contributed by atoms with van der Waals surface area (Å²) >= 11 is 1.26. The van der Waals surface area contributed by atoms with Gasteiger partial charge in [-0.05, 0) is 5.56 Å². The SMILES string of the molecule is COCCn1c(NC(=O)Cc2csc(N3CCNC3=O)n2)c(NCc2ccccc2)c(=O)[nH]c1=O. The lowest BCUT2D eigenvalue weighted by Gasteiger charge is -2.17. The van der Waals surface area contributed by atoms with Crippen LogP contribution in [0.4, 0.5) is 21.4 Å². The Bertz CT molecular complexity index is 1320. The van der Waals surface area contributed by atoms with Crippen molar-refractivity contribution in [3.8, 4) is 0 Å². The number of carbonyl (C=O) groups is 2. The molecule has 2 aromatic heterocycles. The Morgan fingerprint density at radius 3 is 2.74 bits per heavy atom. The van der Waals surface area contributed by atoms with Gasteiger partial charge < -0.3 is 20.7 Å². The fourth-order valence-corrected chi connectivity index (χ4v) is 4.39. The van der Waals surface area contributed by atoms with E-state index in [9.17, 15) is 19.2 Å². The van der Waals surface area contributed by atoms with Crippen LogP contribution in [0.3, 0.4) is 0 Å². The van der Waals surface area contributed by atoms with Crippen molar-refractivity contribution < 1.29 is 14.3 Å². The second-order valence-electron chi connectivity index (χ2n) is 7.70. The maximum Gasteiger partial charge on any atom is 0.330 e. The summed E-state index contributed by atoms with van der Waals surface area (Å²) in [7, 11) is 1.49. The molecule has 184 valence electrons. The first-order chi connectivity index (χ1) is 17.0. The molecule has 1 aromatic carbocycles. The lowest BCUT2D eigenvalue weighted by Crippen LogP contribution is -2.36. The molecule has 1 aliphatic rings. The van der Waals surface area contributed by atoms with Crippen molar-refractivity contribution >= 4 is 39.9 Å². The van der Waals surface area contributed by atoms with E-state index in [4.69, 9.17) is 4.74 Å². The minimum Gasteiger partial charge on any atom is -0.383 e. The van der Waals surface area contributed by atoms with Crippen LogP contribution in [0, 0.1) is 0 Å². The molecule has 0 aliphatic carbocycles. The van der Waals surface area contributed by atoms with E-state index in [0.29, 0.717) is 30.5 Å². The number of benzene rings is 1. The van der Waals surface area contributed by atoms with Crippen molar-refractivity contribution in [2.24, 2.45) is 0 Å². The summed E-state index contributed by atoms with van der Waals surface area (Å²) < 4.78 is 6.33. The number of hydrogen-bond donors (Lipinski definition) is 4. The maximum absolute atomic E-state index is 12.9. The Morgan fingerprint density at radius 1 is 1.23 bits per heavy atom. The highest BCUT2D eigenvalue weighted by Crippen LogP contribution is 2.23. The van der Waals surface area contributed by atoms with Gasteiger partial charge in [0, 0.05) is 32.1 Å². The fraction of sp³-hybridized carbons (Fsp3) is 0.318. The van der Waals surface area contributed by atoms with Crippen molar-refractivity contribution in [1.82, 2.24) is 19.9 Å². The van der Waals surface area contributed by atoms with Crippen LogP contribution in [0.25, 0.3) is 0 Å². The number of nitrogens with one attached hydrogen (secondary N) is 4. The Balaban J connectivity index is 1.57. The van der Waals surface area contributed by atoms with E-state index >= 15 is 0 Å². The van der Waals surface area contributed by atoms with Crippen LogP contribution in [0.15, 0.2) is 45.3 Å². The zero-order valence-electron chi connectivity index (χ0n) is 19.0. The Hall–Kier alpha value is -3.97. The van der Waals surface area contributed by atoms with E-state index in [0.717, 1.165) is 5.56 Å². The lowest BCUT2D eigenvalue weighted by atomic mass is 10.2. The third kappa shape index (κ3) is 5.75. The minimum atomic E-state index is -0.663. The molecule has 0 spiro atoms. The van der Waals surface area contributed by atoms with E-state index < -0.39 is 17.2 Å². The van der Waals surface area contributed by atoms with Crippen LogP contribution >= 0.6 is 11.3 Å². The molecule has 3 amide bonds. The topological polar surface area (TPSA) is 150 Å². The molecule has 0 saturated carbocycles. The molecule has 4 rings (SSSR count). The monoisotopic (exact) mass is 499 g/mol. The number of anilines is 3. The van der Waals surface area contributed by atoms with Crippen LogP contribution in [0.2, 0.25) is 0 Å². The highest BCUT2D eigenvalue weighted by atomic mass is 32.1. The molecule has 0 radical (unpaired) electrons. The van der Waals surface area contributed by atoms with Gasteiger partial charge >= 0.3 is 11.7 Å². The third-order valence-electron chi connectivity index (χ3n) is 5.26. The number of nitrogens with zero attached hydrogens (tertiary/aromatic N) is 3. The number of aromatic nitrogens is 3. The van der Waals surface area contributed by atoms with Gasteiger partial charge in [0.1, 0.15) is 11.5 Å². The molecule has 3 aromatic rings. The predicted molar refractivity (Wildman–Crippen MR) is 132 cm³/mol. The lowest BCUT2D eigenvalue weighted by molar-refractivity contribution is -0.115. The second-order valence-corrected chi connectivity index (χ2v) is 8.53. The van der Waals surface area contributed by atoms with Crippen LogP contribution in [0.1, 0.15) is 11.3 Å². The normalized spacial score (nSPS) is 13.1. The number of methoxy groups -OCH3 is 1. The molecule has 1 fully saturated rings. The minimum absolute atomic E-state index is 0.0473. The van der Waals surface area contributed by atoms with Gasteiger partial charge in [-0.15, -0.1) is 11.3 Å². The van der Waals surface area contributed by atoms with Crippen molar-refractivity contribution in [2.75, 3.05) is 42.3 Å². The van der Waals surface area contributed by atoms with E-state index in [1.807, 2.05) is 30.3 Å². The van der Waals surface area contributed by atoms with Gasteiger partial charge in [0.2, 0.25) is 5.91 Å². The van der Waals surface area contributed by atoms with Gasteiger partial charge in [-0.1, -0.05) is 30.3 Å². The highest BCUT2D eigenvalue weighted by Gasteiger charge is 2.24. The third-order valence-corrected chi connectivity index (χ3v) is 6.17. The molecule has 0 bridgehead atoms. The summed E-state index contributed by atoms with van der Waals surface area (Å²) in [6.45, 7) is 1.66. The van der Waals surface area contributed by atoms with E-state index in [2.05, 4.69) is 25.9 Å². The van der Waals surface area contributed by atoms with Crippen molar-refractivity contribution in [3.63, 3.8) is 0 Å². The maximum atomic E-state index is 12.9. The molecule has 0 unspecified atom stereocenters. The Labute approximate surface area is 204 Å². The standard InChI is InChI=1S/C22H25N7O5S/c1-34-10-9-28-18(17(19(31)27-21(28)33)24-12-14-5-3-2-4-6-14)26-16(30)11-15-13-35-22(25-15)29-8-7-23-20(29)32/h2-6,13,24H,7-12H2,1H3,(H,23,32)(H,26,30)(H,27,31,33). The fourth-order valence-electron chi connectivity index (χ4n) is 3.54. The van der Waals surface area contributed by atoms with Gasteiger partial charge in [-0.25, -0.2) is 14.6 Å². The van der Waals surface area contributed by atoms with Crippen LogP contribution in [-0.4, -0.2) is 53.3 Å². The zero-order chi connectivity index (χ0) is 24.8. The van der Waals surface area contributed by atoms with Gasteiger partial charge in [-0.2, -0.15) is 0 Å². The summed E-state index contributed by atoms with van der Waals surface area (Å²) in [6.07, 6.45) is -0.102. The van der Waals surface area contributed by atoms with Crippen LogP contribution < -0.4 is 32.1 Å². The van der Waals surface area contributed by atoms with Gasteiger partial charge in [0.05, 0.1) is 25.3 Å². The largest absolute Gasteiger partial charge is 0.383 e. The number of urea groups is 1. The average Bonchev–Trinajstić information content (AvgIpc) is 3.47. The van der Waals surface area contributed by atoms with Gasteiger partial charge in [0.15, 0.2) is 5.13 Å². The summed E-state index contributed by atoms with van der Waals surface area (Å²) in [6, 6.07) is 9.18.